The van der Waals surface area contributed by atoms with Crippen molar-refractivity contribution in [2.75, 3.05) is 18.9 Å². The molecule has 0 heterocycles. The predicted octanol–water partition coefficient (Wildman–Crippen LogP) is 3.91. The van der Waals surface area contributed by atoms with E-state index in [1.54, 1.807) is 49.5 Å². The standard InChI is InChI=1S/C22H21FN2O4S/c1-25(15-17-5-3-4-6-21(17)23)22(26)16-7-13-20(14-8-16)30(27,28)24-18-9-11-19(29-2)12-10-18/h3-14,24H,15H2,1-2H3. The molecule has 0 spiro atoms. The molecule has 1 N–H and O–H groups in total. The van der Waals surface area contributed by atoms with Crippen molar-refractivity contribution < 1.29 is 22.3 Å². The third-order valence-corrected chi connectivity index (χ3v) is 5.86. The van der Waals surface area contributed by atoms with Crippen LogP contribution in [0, 0.1) is 5.82 Å². The minimum atomic E-state index is -3.82. The number of carbonyl (C=O) groups excluding carboxylic acids is 1. The van der Waals surface area contributed by atoms with Crippen molar-refractivity contribution in [2.24, 2.45) is 0 Å². The van der Waals surface area contributed by atoms with Gasteiger partial charge in [-0.2, -0.15) is 0 Å². The molecule has 30 heavy (non-hydrogen) atoms. The minimum Gasteiger partial charge on any atom is -0.497 e. The number of ether oxygens (including phenoxy) is 1. The molecule has 3 aromatic carbocycles. The summed E-state index contributed by atoms with van der Waals surface area (Å²) in [6.07, 6.45) is 0. The summed E-state index contributed by atoms with van der Waals surface area (Å²) < 4.78 is 46.5. The number of anilines is 1. The summed E-state index contributed by atoms with van der Waals surface area (Å²) in [4.78, 5) is 14.0. The maximum atomic E-state index is 13.8. The number of carbonyl (C=O) groups is 1. The van der Waals surface area contributed by atoms with Crippen LogP contribution in [0.2, 0.25) is 0 Å². The molecule has 0 radical (unpaired) electrons. The van der Waals surface area contributed by atoms with Gasteiger partial charge in [-0.15, -0.1) is 0 Å². The van der Waals surface area contributed by atoms with Crippen LogP contribution < -0.4 is 9.46 Å². The zero-order chi connectivity index (χ0) is 21.7. The molecule has 0 saturated carbocycles. The van der Waals surface area contributed by atoms with Crippen LogP contribution in [0.25, 0.3) is 0 Å². The van der Waals surface area contributed by atoms with E-state index in [2.05, 4.69) is 4.72 Å². The average molecular weight is 428 g/mol. The maximum Gasteiger partial charge on any atom is 0.261 e. The van der Waals surface area contributed by atoms with Gasteiger partial charge in [0.1, 0.15) is 11.6 Å². The summed E-state index contributed by atoms with van der Waals surface area (Å²) in [5.74, 6) is -0.117. The fraction of sp³-hybridized carbons (Fsp3) is 0.136. The van der Waals surface area contributed by atoms with Gasteiger partial charge < -0.3 is 9.64 Å². The van der Waals surface area contributed by atoms with Crippen molar-refractivity contribution in [3.63, 3.8) is 0 Å². The van der Waals surface area contributed by atoms with Gasteiger partial charge in [0.05, 0.1) is 12.0 Å². The van der Waals surface area contributed by atoms with Gasteiger partial charge in [0, 0.05) is 30.4 Å². The van der Waals surface area contributed by atoms with Crippen LogP contribution in [0.4, 0.5) is 10.1 Å². The molecule has 3 rings (SSSR count). The Morgan fingerprint density at radius 2 is 1.63 bits per heavy atom. The van der Waals surface area contributed by atoms with Crippen LogP contribution in [0.5, 0.6) is 5.75 Å². The molecule has 0 aliphatic carbocycles. The molecule has 1 amide bonds. The summed E-state index contributed by atoms with van der Waals surface area (Å²) in [6, 6.07) is 18.3. The Hall–Kier alpha value is -3.39. The molecule has 0 fully saturated rings. The highest BCUT2D eigenvalue weighted by Gasteiger charge is 2.17. The first-order chi connectivity index (χ1) is 14.3. The zero-order valence-corrected chi connectivity index (χ0v) is 17.3. The molecule has 156 valence electrons. The van der Waals surface area contributed by atoms with Crippen LogP contribution in [-0.2, 0) is 16.6 Å². The highest BCUT2D eigenvalue weighted by Crippen LogP contribution is 2.20. The first kappa shape index (κ1) is 21.3. The minimum absolute atomic E-state index is 0.0200. The third kappa shape index (κ3) is 4.96. The lowest BCUT2D eigenvalue weighted by Gasteiger charge is -2.18. The number of rotatable bonds is 7. The van der Waals surface area contributed by atoms with Gasteiger partial charge >= 0.3 is 0 Å². The highest BCUT2D eigenvalue weighted by molar-refractivity contribution is 7.92. The van der Waals surface area contributed by atoms with E-state index in [-0.39, 0.29) is 23.2 Å². The number of hydrogen-bond acceptors (Lipinski definition) is 4. The van der Waals surface area contributed by atoms with Gasteiger partial charge in [0.15, 0.2) is 0 Å². The number of nitrogens with one attached hydrogen (secondary N) is 1. The van der Waals surface area contributed by atoms with E-state index in [1.165, 1.54) is 42.3 Å². The number of hydrogen-bond donors (Lipinski definition) is 1. The van der Waals surface area contributed by atoms with Crippen molar-refractivity contribution >= 4 is 21.6 Å². The number of nitrogens with zero attached hydrogens (tertiary/aromatic N) is 1. The van der Waals surface area contributed by atoms with E-state index >= 15 is 0 Å². The molecule has 0 bridgehead atoms. The topological polar surface area (TPSA) is 75.7 Å². The van der Waals surface area contributed by atoms with Gasteiger partial charge in [-0.3, -0.25) is 9.52 Å². The van der Waals surface area contributed by atoms with Gasteiger partial charge in [0.25, 0.3) is 15.9 Å². The van der Waals surface area contributed by atoms with Crippen LogP contribution in [0.3, 0.4) is 0 Å². The van der Waals surface area contributed by atoms with Crippen molar-refractivity contribution in [3.05, 3.63) is 89.7 Å². The lowest BCUT2D eigenvalue weighted by Crippen LogP contribution is -2.26. The second-order valence-corrected chi connectivity index (χ2v) is 8.29. The number of amides is 1. The summed E-state index contributed by atoms with van der Waals surface area (Å²) in [5, 5.41) is 0. The molecule has 0 aliphatic heterocycles. The lowest BCUT2D eigenvalue weighted by molar-refractivity contribution is 0.0783. The Balaban J connectivity index is 1.71. The van der Waals surface area contributed by atoms with Crippen LogP contribution in [-0.4, -0.2) is 33.4 Å². The lowest BCUT2D eigenvalue weighted by atomic mass is 10.1. The fourth-order valence-electron chi connectivity index (χ4n) is 2.82. The van der Waals surface area contributed by atoms with Crippen molar-refractivity contribution in [2.45, 2.75) is 11.4 Å². The Morgan fingerprint density at radius 3 is 2.23 bits per heavy atom. The molecule has 0 atom stereocenters. The number of sulfonamides is 1. The molecule has 0 saturated heterocycles. The van der Waals surface area contributed by atoms with Gasteiger partial charge in [-0.25, -0.2) is 12.8 Å². The Bertz CT molecular complexity index is 1130. The zero-order valence-electron chi connectivity index (χ0n) is 16.5. The van der Waals surface area contributed by atoms with E-state index in [1.807, 2.05) is 0 Å². The molecule has 3 aromatic rings. The number of methoxy groups -OCH3 is 1. The monoisotopic (exact) mass is 428 g/mol. The quantitative estimate of drug-likeness (QED) is 0.619. The van der Waals surface area contributed by atoms with Crippen LogP contribution in [0.1, 0.15) is 15.9 Å². The number of halogens is 1. The molecule has 0 aromatic heterocycles. The van der Waals surface area contributed by atoms with E-state index < -0.39 is 10.0 Å². The van der Waals surface area contributed by atoms with Gasteiger partial charge in [-0.1, -0.05) is 18.2 Å². The smallest absolute Gasteiger partial charge is 0.261 e. The molecular weight excluding hydrogens is 407 g/mol. The Labute approximate surface area is 175 Å². The van der Waals surface area contributed by atoms with Crippen LogP contribution >= 0.6 is 0 Å². The first-order valence-corrected chi connectivity index (χ1v) is 10.5. The van der Waals surface area contributed by atoms with E-state index in [0.29, 0.717) is 22.6 Å². The van der Waals surface area contributed by atoms with E-state index in [4.69, 9.17) is 4.74 Å². The fourth-order valence-corrected chi connectivity index (χ4v) is 3.88. The molecule has 8 heteroatoms. The first-order valence-electron chi connectivity index (χ1n) is 9.06. The summed E-state index contributed by atoms with van der Waals surface area (Å²) >= 11 is 0. The van der Waals surface area contributed by atoms with E-state index in [0.717, 1.165) is 0 Å². The van der Waals surface area contributed by atoms with Gasteiger partial charge in [0.2, 0.25) is 0 Å². The van der Waals surface area contributed by atoms with Gasteiger partial charge in [-0.05, 0) is 54.6 Å². The van der Waals surface area contributed by atoms with E-state index in [9.17, 15) is 17.6 Å². The normalized spacial score (nSPS) is 11.0. The summed E-state index contributed by atoms with van der Waals surface area (Å²) in [6.45, 7) is 0.102. The summed E-state index contributed by atoms with van der Waals surface area (Å²) in [5.41, 5.74) is 1.09. The Kier molecular flexibility index (Phi) is 6.37. The maximum absolute atomic E-state index is 13.8. The summed E-state index contributed by atoms with van der Waals surface area (Å²) in [7, 11) is -0.731. The third-order valence-electron chi connectivity index (χ3n) is 4.47. The molecular formula is C22H21FN2O4S. The highest BCUT2D eigenvalue weighted by atomic mass is 32.2. The second kappa shape index (κ2) is 8.96. The average Bonchev–Trinajstić information content (AvgIpc) is 2.75. The predicted molar refractivity (Wildman–Crippen MR) is 112 cm³/mol. The van der Waals surface area contributed by atoms with Crippen molar-refractivity contribution in [1.82, 2.24) is 4.90 Å². The largest absolute Gasteiger partial charge is 0.497 e. The number of benzene rings is 3. The SMILES string of the molecule is COc1ccc(NS(=O)(=O)c2ccc(C(=O)N(C)Cc3ccccc3F)cc2)cc1. The second-order valence-electron chi connectivity index (χ2n) is 6.61. The molecule has 6 nitrogen and oxygen atoms in total. The van der Waals surface area contributed by atoms with Crippen molar-refractivity contribution in [3.8, 4) is 5.75 Å². The van der Waals surface area contributed by atoms with Crippen molar-refractivity contribution in [1.29, 1.82) is 0 Å². The Morgan fingerprint density at radius 1 is 1.00 bits per heavy atom. The molecule has 0 aliphatic rings. The molecule has 0 unspecified atom stereocenters. The van der Waals surface area contributed by atoms with Crippen LogP contribution in [0.15, 0.2) is 77.7 Å².